The van der Waals surface area contributed by atoms with Crippen LogP contribution in [-0.2, 0) is 23.7 Å². The van der Waals surface area contributed by atoms with Gasteiger partial charge in [-0.25, -0.2) is 4.79 Å². The van der Waals surface area contributed by atoms with E-state index >= 15 is 0 Å². The molecule has 0 aromatic heterocycles. The zero-order chi connectivity index (χ0) is 11.9. The van der Waals surface area contributed by atoms with Gasteiger partial charge in [0.05, 0.1) is 6.61 Å². The van der Waals surface area contributed by atoms with Crippen molar-refractivity contribution in [3.8, 4) is 0 Å². The summed E-state index contributed by atoms with van der Waals surface area (Å²) < 4.78 is 19.7. The van der Waals surface area contributed by atoms with Gasteiger partial charge in [-0.05, 0) is 6.42 Å². The average molecular weight is 218 g/mol. The maximum absolute atomic E-state index is 11.5. The van der Waals surface area contributed by atoms with Crippen LogP contribution in [0.2, 0.25) is 0 Å². The third-order valence-corrected chi connectivity index (χ3v) is 1.86. The Bertz CT molecular complexity index is 212. The minimum absolute atomic E-state index is 0.0246. The number of carbonyl (C=O) groups is 1. The first-order valence-corrected chi connectivity index (χ1v) is 4.59. The smallest absolute Gasteiger partial charge is 0.341 e. The van der Waals surface area contributed by atoms with Crippen LogP contribution < -0.4 is 0 Å². The molecule has 0 aromatic carbocycles. The minimum atomic E-state index is -1.56. The summed E-state index contributed by atoms with van der Waals surface area (Å²) in [5.41, 5.74) is -0.0246. The lowest BCUT2D eigenvalue weighted by Crippen LogP contribution is -2.41. The van der Waals surface area contributed by atoms with Crippen molar-refractivity contribution in [2.24, 2.45) is 0 Å². The molecule has 0 saturated heterocycles. The maximum Gasteiger partial charge on any atom is 0.341 e. The van der Waals surface area contributed by atoms with Crippen molar-refractivity contribution < 1.29 is 23.7 Å². The molecular formula is C10H18O5. The molecule has 0 amide bonds. The molecule has 15 heavy (non-hydrogen) atoms. The highest BCUT2D eigenvalue weighted by atomic mass is 16.9. The summed E-state index contributed by atoms with van der Waals surface area (Å²) in [5.74, 6) is -2.16. The molecule has 0 bridgehead atoms. The summed E-state index contributed by atoms with van der Waals surface area (Å²) >= 11 is 0. The number of hydrogen-bond acceptors (Lipinski definition) is 5. The van der Waals surface area contributed by atoms with Crippen LogP contribution in [0.5, 0.6) is 0 Å². The molecule has 0 saturated carbocycles. The summed E-state index contributed by atoms with van der Waals surface area (Å²) in [6.45, 7) is 5.76. The van der Waals surface area contributed by atoms with E-state index in [1.54, 1.807) is 0 Å². The van der Waals surface area contributed by atoms with Gasteiger partial charge in [0.1, 0.15) is 5.57 Å². The molecule has 88 valence electrons. The van der Waals surface area contributed by atoms with Crippen LogP contribution in [0.4, 0.5) is 0 Å². The van der Waals surface area contributed by atoms with Gasteiger partial charge in [0.15, 0.2) is 0 Å². The monoisotopic (exact) mass is 218 g/mol. The predicted molar refractivity (Wildman–Crippen MR) is 54.1 cm³/mol. The first-order chi connectivity index (χ1) is 7.07. The summed E-state index contributed by atoms with van der Waals surface area (Å²) in [7, 11) is 4.06. The summed E-state index contributed by atoms with van der Waals surface area (Å²) in [6.07, 6.45) is 0.735. The molecule has 0 heterocycles. The molecule has 0 spiro atoms. The predicted octanol–water partition coefficient (Wildman–Crippen LogP) is 1.09. The third kappa shape index (κ3) is 3.30. The lowest BCUT2D eigenvalue weighted by molar-refractivity contribution is -0.325. The first-order valence-electron chi connectivity index (χ1n) is 4.59. The van der Waals surface area contributed by atoms with E-state index in [2.05, 4.69) is 6.58 Å². The van der Waals surface area contributed by atoms with E-state index in [1.165, 1.54) is 21.3 Å². The topological polar surface area (TPSA) is 54.0 Å². The average Bonchev–Trinajstić information content (AvgIpc) is 2.28. The Kier molecular flexibility index (Phi) is 6.15. The summed E-state index contributed by atoms with van der Waals surface area (Å²) in [5, 5.41) is 0. The van der Waals surface area contributed by atoms with Crippen LogP contribution in [0.15, 0.2) is 12.2 Å². The van der Waals surface area contributed by atoms with Gasteiger partial charge in [0, 0.05) is 21.3 Å². The van der Waals surface area contributed by atoms with Crippen molar-refractivity contribution in [3.05, 3.63) is 12.2 Å². The largest absolute Gasteiger partial charge is 0.462 e. The Morgan fingerprint density at radius 3 is 2.00 bits per heavy atom. The normalized spacial score (nSPS) is 11.2. The Labute approximate surface area is 89.9 Å². The Balaban J connectivity index is 4.56. The molecule has 0 atom stereocenters. The van der Waals surface area contributed by atoms with E-state index < -0.39 is 11.9 Å². The van der Waals surface area contributed by atoms with Crippen LogP contribution in [0.25, 0.3) is 0 Å². The van der Waals surface area contributed by atoms with Gasteiger partial charge < -0.3 is 18.9 Å². The van der Waals surface area contributed by atoms with E-state index in [0.717, 1.165) is 6.42 Å². The van der Waals surface area contributed by atoms with E-state index in [0.29, 0.717) is 6.61 Å². The lowest BCUT2D eigenvalue weighted by atomic mass is 10.2. The number of ether oxygens (including phenoxy) is 4. The van der Waals surface area contributed by atoms with Crippen molar-refractivity contribution >= 4 is 5.97 Å². The molecule has 0 aliphatic carbocycles. The number of hydrogen-bond donors (Lipinski definition) is 0. The molecule has 0 N–H and O–H groups in total. The van der Waals surface area contributed by atoms with Gasteiger partial charge >= 0.3 is 11.9 Å². The zero-order valence-electron chi connectivity index (χ0n) is 9.66. The van der Waals surface area contributed by atoms with Gasteiger partial charge in [-0.15, -0.1) is 0 Å². The molecule has 0 aromatic rings. The van der Waals surface area contributed by atoms with Gasteiger partial charge in [-0.3, -0.25) is 0 Å². The van der Waals surface area contributed by atoms with Crippen molar-refractivity contribution in [1.29, 1.82) is 0 Å². The molecule has 0 rings (SSSR count). The van der Waals surface area contributed by atoms with Crippen molar-refractivity contribution in [1.82, 2.24) is 0 Å². The van der Waals surface area contributed by atoms with E-state index in [9.17, 15) is 4.79 Å². The summed E-state index contributed by atoms with van der Waals surface area (Å²) in [4.78, 5) is 11.5. The standard InChI is InChI=1S/C10H18O5/c1-6-7-15-9(11)8(2)10(12-3,13-4)14-5/h2,6-7H2,1,3-5H3. The molecule has 0 unspecified atom stereocenters. The highest BCUT2D eigenvalue weighted by Crippen LogP contribution is 2.22. The number of esters is 1. The lowest BCUT2D eigenvalue weighted by Gasteiger charge is -2.29. The minimum Gasteiger partial charge on any atom is -0.462 e. The summed E-state index contributed by atoms with van der Waals surface area (Å²) in [6, 6.07) is 0. The SMILES string of the molecule is C=C(C(=O)OCCC)C(OC)(OC)OC. The zero-order valence-corrected chi connectivity index (χ0v) is 9.66. The highest BCUT2D eigenvalue weighted by molar-refractivity contribution is 5.89. The Hall–Kier alpha value is -0.910. The fraction of sp³-hybridized carbons (Fsp3) is 0.700. The molecule has 5 nitrogen and oxygen atoms in total. The van der Waals surface area contributed by atoms with Crippen molar-refractivity contribution in [3.63, 3.8) is 0 Å². The van der Waals surface area contributed by atoms with Crippen LogP contribution >= 0.6 is 0 Å². The van der Waals surface area contributed by atoms with Crippen molar-refractivity contribution in [2.75, 3.05) is 27.9 Å². The van der Waals surface area contributed by atoms with Crippen LogP contribution in [0.3, 0.4) is 0 Å². The molecule has 0 aliphatic rings. The molecule has 0 aliphatic heterocycles. The second-order valence-electron chi connectivity index (χ2n) is 2.78. The third-order valence-electron chi connectivity index (χ3n) is 1.86. The second kappa shape index (κ2) is 6.55. The van der Waals surface area contributed by atoms with E-state index in [1.807, 2.05) is 6.92 Å². The number of carbonyl (C=O) groups excluding carboxylic acids is 1. The quantitative estimate of drug-likeness (QED) is 0.364. The van der Waals surface area contributed by atoms with Gasteiger partial charge in [0.2, 0.25) is 0 Å². The van der Waals surface area contributed by atoms with Crippen LogP contribution in [-0.4, -0.2) is 39.9 Å². The fourth-order valence-corrected chi connectivity index (χ4v) is 1.03. The second-order valence-corrected chi connectivity index (χ2v) is 2.78. The molecule has 5 heteroatoms. The van der Waals surface area contributed by atoms with Crippen molar-refractivity contribution in [2.45, 2.75) is 19.3 Å². The number of methoxy groups -OCH3 is 3. The maximum atomic E-state index is 11.5. The molecular weight excluding hydrogens is 200 g/mol. The first kappa shape index (κ1) is 14.1. The highest BCUT2D eigenvalue weighted by Gasteiger charge is 2.38. The van der Waals surface area contributed by atoms with Gasteiger partial charge in [-0.1, -0.05) is 13.5 Å². The number of rotatable bonds is 7. The van der Waals surface area contributed by atoms with Gasteiger partial charge in [0.25, 0.3) is 0 Å². The fourth-order valence-electron chi connectivity index (χ4n) is 1.03. The Morgan fingerprint density at radius 2 is 1.67 bits per heavy atom. The van der Waals surface area contributed by atoms with E-state index in [-0.39, 0.29) is 5.57 Å². The molecule has 0 radical (unpaired) electrons. The van der Waals surface area contributed by atoms with Crippen LogP contribution in [0.1, 0.15) is 13.3 Å². The van der Waals surface area contributed by atoms with Crippen LogP contribution in [0, 0.1) is 0 Å². The van der Waals surface area contributed by atoms with E-state index in [4.69, 9.17) is 18.9 Å². The van der Waals surface area contributed by atoms with Gasteiger partial charge in [-0.2, -0.15) is 0 Å². The molecule has 0 fully saturated rings. The Morgan fingerprint density at radius 1 is 1.20 bits per heavy atom.